The molecule has 82 valence electrons. The Balaban J connectivity index is 2.20. The molecule has 1 atom stereocenters. The van der Waals surface area contributed by atoms with Gasteiger partial charge in [-0.2, -0.15) is 0 Å². The predicted molar refractivity (Wildman–Crippen MR) is 63.4 cm³/mol. The first-order chi connectivity index (χ1) is 7.35. The summed E-state index contributed by atoms with van der Waals surface area (Å²) in [6.45, 7) is 2.28. The van der Waals surface area contributed by atoms with Crippen molar-refractivity contribution in [3.8, 4) is 5.75 Å². The van der Waals surface area contributed by atoms with Crippen molar-refractivity contribution in [1.29, 1.82) is 0 Å². The summed E-state index contributed by atoms with van der Waals surface area (Å²) >= 11 is 0. The summed E-state index contributed by atoms with van der Waals surface area (Å²) in [7, 11) is 1.77. The van der Waals surface area contributed by atoms with E-state index < -0.39 is 0 Å². The van der Waals surface area contributed by atoms with Gasteiger partial charge in [-0.05, 0) is 42.4 Å². The lowest BCUT2D eigenvalue weighted by Gasteiger charge is -2.25. The van der Waals surface area contributed by atoms with E-state index in [1.807, 2.05) is 0 Å². The lowest BCUT2D eigenvalue weighted by atomic mass is 9.81. The van der Waals surface area contributed by atoms with E-state index in [0.29, 0.717) is 0 Å². The summed E-state index contributed by atoms with van der Waals surface area (Å²) in [6.07, 6.45) is 6.46. The van der Waals surface area contributed by atoms with Crippen LogP contribution < -0.4 is 4.74 Å². The maximum atomic E-state index is 5.41. The third kappa shape index (κ3) is 2.17. The Morgan fingerprint density at radius 1 is 1.40 bits per heavy atom. The Bertz CT molecular complexity index is 330. The van der Waals surface area contributed by atoms with Crippen molar-refractivity contribution < 1.29 is 4.74 Å². The van der Waals surface area contributed by atoms with Gasteiger partial charge in [0, 0.05) is 0 Å². The molecule has 1 aromatic rings. The Morgan fingerprint density at radius 3 is 3.00 bits per heavy atom. The molecule has 0 heterocycles. The van der Waals surface area contributed by atoms with Crippen LogP contribution in [0.15, 0.2) is 18.2 Å². The average Bonchev–Trinajstić information content (AvgIpc) is 2.28. The van der Waals surface area contributed by atoms with Gasteiger partial charge in [-0.15, -0.1) is 0 Å². The van der Waals surface area contributed by atoms with Crippen LogP contribution in [0.3, 0.4) is 0 Å². The molecule has 0 N–H and O–H groups in total. The zero-order valence-corrected chi connectivity index (χ0v) is 9.75. The van der Waals surface area contributed by atoms with Crippen molar-refractivity contribution >= 4 is 0 Å². The van der Waals surface area contributed by atoms with Crippen molar-refractivity contribution in [2.45, 2.75) is 39.0 Å². The fraction of sp³-hybridized carbons (Fsp3) is 0.571. The van der Waals surface area contributed by atoms with Crippen LogP contribution in [0.2, 0.25) is 0 Å². The molecule has 1 aliphatic rings. The monoisotopic (exact) mass is 204 g/mol. The van der Waals surface area contributed by atoms with Crippen LogP contribution in [0.25, 0.3) is 0 Å². The Kier molecular flexibility index (Phi) is 3.30. The smallest absolute Gasteiger partial charge is 0.122 e. The molecule has 0 aromatic heterocycles. The van der Waals surface area contributed by atoms with Gasteiger partial charge in [0.25, 0.3) is 0 Å². The number of fused-ring (bicyclic) bond motifs is 1. The highest BCUT2D eigenvalue weighted by Gasteiger charge is 2.20. The molecule has 0 saturated heterocycles. The van der Waals surface area contributed by atoms with Gasteiger partial charge < -0.3 is 4.74 Å². The van der Waals surface area contributed by atoms with Crippen molar-refractivity contribution in [2.24, 2.45) is 5.92 Å². The molecule has 0 saturated carbocycles. The van der Waals surface area contributed by atoms with E-state index in [-0.39, 0.29) is 0 Å². The molecule has 1 heteroatoms. The molecule has 0 aliphatic heterocycles. The van der Waals surface area contributed by atoms with Crippen LogP contribution in [0, 0.1) is 5.92 Å². The number of benzene rings is 1. The average molecular weight is 204 g/mol. The standard InChI is InChI=1S/C14H20O/c1-3-5-11-8-9-13-12(10-11)6-4-7-14(13)15-2/h4,6-7,11H,3,5,8-10H2,1-2H3. The number of methoxy groups -OCH3 is 1. The van der Waals surface area contributed by atoms with E-state index in [2.05, 4.69) is 25.1 Å². The van der Waals surface area contributed by atoms with E-state index in [1.54, 1.807) is 7.11 Å². The van der Waals surface area contributed by atoms with Gasteiger partial charge in [0.15, 0.2) is 0 Å². The van der Waals surface area contributed by atoms with Gasteiger partial charge in [0.2, 0.25) is 0 Å². The van der Waals surface area contributed by atoms with Gasteiger partial charge in [0.1, 0.15) is 5.75 Å². The van der Waals surface area contributed by atoms with Crippen molar-refractivity contribution in [3.63, 3.8) is 0 Å². The number of hydrogen-bond acceptors (Lipinski definition) is 1. The molecular formula is C14H20O. The van der Waals surface area contributed by atoms with Crippen LogP contribution in [0.5, 0.6) is 5.75 Å². The summed E-state index contributed by atoms with van der Waals surface area (Å²) in [6, 6.07) is 6.46. The van der Waals surface area contributed by atoms with E-state index in [9.17, 15) is 0 Å². The molecule has 1 nitrogen and oxygen atoms in total. The normalized spacial score (nSPS) is 19.7. The Morgan fingerprint density at radius 2 is 2.27 bits per heavy atom. The zero-order valence-electron chi connectivity index (χ0n) is 9.75. The topological polar surface area (TPSA) is 9.23 Å². The number of rotatable bonds is 3. The first-order valence-electron chi connectivity index (χ1n) is 6.00. The molecule has 2 rings (SSSR count). The van der Waals surface area contributed by atoms with Gasteiger partial charge in [-0.3, -0.25) is 0 Å². The highest BCUT2D eigenvalue weighted by atomic mass is 16.5. The molecule has 0 spiro atoms. The van der Waals surface area contributed by atoms with Crippen molar-refractivity contribution in [3.05, 3.63) is 29.3 Å². The molecule has 0 bridgehead atoms. The van der Waals surface area contributed by atoms with E-state index in [4.69, 9.17) is 4.74 Å². The minimum Gasteiger partial charge on any atom is -0.496 e. The lowest BCUT2D eigenvalue weighted by molar-refractivity contribution is 0.386. The second-order valence-corrected chi connectivity index (χ2v) is 4.50. The quantitative estimate of drug-likeness (QED) is 0.731. The maximum Gasteiger partial charge on any atom is 0.122 e. The third-order valence-electron chi connectivity index (χ3n) is 3.46. The third-order valence-corrected chi connectivity index (χ3v) is 3.46. The van der Waals surface area contributed by atoms with Crippen molar-refractivity contribution in [1.82, 2.24) is 0 Å². The van der Waals surface area contributed by atoms with Gasteiger partial charge in [-0.1, -0.05) is 31.9 Å². The van der Waals surface area contributed by atoms with Crippen LogP contribution in [0.1, 0.15) is 37.3 Å². The molecule has 15 heavy (non-hydrogen) atoms. The summed E-state index contributed by atoms with van der Waals surface area (Å²) < 4.78 is 5.41. The minimum absolute atomic E-state index is 0.898. The fourth-order valence-electron chi connectivity index (χ4n) is 2.69. The van der Waals surface area contributed by atoms with E-state index in [1.165, 1.54) is 43.2 Å². The second-order valence-electron chi connectivity index (χ2n) is 4.50. The minimum atomic E-state index is 0.898. The highest BCUT2D eigenvalue weighted by molar-refractivity contribution is 5.41. The molecular weight excluding hydrogens is 184 g/mol. The first-order valence-corrected chi connectivity index (χ1v) is 6.00. The van der Waals surface area contributed by atoms with E-state index in [0.717, 1.165) is 11.7 Å². The van der Waals surface area contributed by atoms with Crippen molar-refractivity contribution in [2.75, 3.05) is 7.11 Å². The Hall–Kier alpha value is -0.980. The van der Waals surface area contributed by atoms with Gasteiger partial charge >= 0.3 is 0 Å². The first kappa shape index (κ1) is 10.5. The SMILES string of the molecule is CCCC1CCc2c(cccc2OC)C1. The summed E-state index contributed by atoms with van der Waals surface area (Å²) in [4.78, 5) is 0. The van der Waals surface area contributed by atoms with Crippen LogP contribution >= 0.6 is 0 Å². The molecule has 1 unspecified atom stereocenters. The molecule has 1 aliphatic carbocycles. The lowest BCUT2D eigenvalue weighted by Crippen LogP contribution is -2.14. The summed E-state index contributed by atoms with van der Waals surface area (Å²) in [5.74, 6) is 1.98. The van der Waals surface area contributed by atoms with Gasteiger partial charge in [0.05, 0.1) is 7.11 Å². The zero-order chi connectivity index (χ0) is 10.7. The van der Waals surface area contributed by atoms with Gasteiger partial charge in [-0.25, -0.2) is 0 Å². The molecule has 0 amide bonds. The number of hydrogen-bond donors (Lipinski definition) is 0. The predicted octanol–water partition coefficient (Wildman–Crippen LogP) is 3.60. The largest absolute Gasteiger partial charge is 0.496 e. The molecule has 1 aromatic carbocycles. The molecule has 0 radical (unpaired) electrons. The van der Waals surface area contributed by atoms with Crippen LogP contribution in [0.4, 0.5) is 0 Å². The van der Waals surface area contributed by atoms with Crippen LogP contribution in [-0.4, -0.2) is 7.11 Å². The Labute approximate surface area is 92.5 Å². The number of ether oxygens (including phenoxy) is 1. The van der Waals surface area contributed by atoms with E-state index >= 15 is 0 Å². The molecule has 0 fully saturated rings. The fourth-order valence-corrected chi connectivity index (χ4v) is 2.69. The second kappa shape index (κ2) is 4.69. The highest BCUT2D eigenvalue weighted by Crippen LogP contribution is 2.33. The summed E-state index contributed by atoms with van der Waals surface area (Å²) in [5.41, 5.74) is 2.96. The van der Waals surface area contributed by atoms with Crippen LogP contribution in [-0.2, 0) is 12.8 Å². The summed E-state index contributed by atoms with van der Waals surface area (Å²) in [5, 5.41) is 0. The maximum absolute atomic E-state index is 5.41.